The average molecular weight is 278 g/mol. The fourth-order valence-electron chi connectivity index (χ4n) is 2.37. The maximum absolute atomic E-state index is 12.1. The first kappa shape index (κ1) is 14.3. The van der Waals surface area contributed by atoms with Crippen LogP contribution in [0, 0.1) is 5.92 Å². The van der Waals surface area contributed by atoms with E-state index in [1.807, 2.05) is 4.90 Å². The van der Waals surface area contributed by atoms with E-state index in [0.29, 0.717) is 31.5 Å². The summed E-state index contributed by atoms with van der Waals surface area (Å²) in [6.45, 7) is 1.54. The zero-order valence-corrected chi connectivity index (χ0v) is 11.1. The number of ketones is 1. The van der Waals surface area contributed by atoms with Crippen LogP contribution in [0.1, 0.15) is 23.2 Å². The molecule has 1 aliphatic rings. The number of Topliss-reactive ketones (excluding diaryl/α,β-unsaturated/α-hetero) is 1. The van der Waals surface area contributed by atoms with Crippen molar-refractivity contribution in [3.63, 3.8) is 0 Å². The Morgan fingerprint density at radius 3 is 2.40 bits per heavy atom. The van der Waals surface area contributed by atoms with Crippen molar-refractivity contribution >= 4 is 11.7 Å². The van der Waals surface area contributed by atoms with Crippen molar-refractivity contribution in [2.75, 3.05) is 19.6 Å². The van der Waals surface area contributed by atoms with Crippen molar-refractivity contribution in [1.29, 1.82) is 0 Å². The quantitative estimate of drug-likeness (QED) is 0.549. The van der Waals surface area contributed by atoms with E-state index in [0.717, 1.165) is 0 Å². The second-order valence-corrected chi connectivity index (χ2v) is 5.08. The van der Waals surface area contributed by atoms with Gasteiger partial charge in [0.15, 0.2) is 17.3 Å². The molecule has 0 radical (unpaired) electrons. The van der Waals surface area contributed by atoms with Crippen molar-refractivity contribution in [3.05, 3.63) is 23.8 Å². The summed E-state index contributed by atoms with van der Waals surface area (Å²) in [5, 5.41) is 18.6. The lowest BCUT2D eigenvalue weighted by Gasteiger charge is -2.29. The van der Waals surface area contributed by atoms with Crippen molar-refractivity contribution in [2.45, 2.75) is 12.8 Å². The molecule has 20 heavy (non-hydrogen) atoms. The minimum atomic E-state index is -0.303. The molecule has 1 amide bonds. The highest BCUT2D eigenvalue weighted by Crippen LogP contribution is 2.25. The maximum atomic E-state index is 12.1. The molecule has 0 atom stereocenters. The lowest BCUT2D eigenvalue weighted by atomic mass is 9.96. The Bertz CT molecular complexity index is 522. The van der Waals surface area contributed by atoms with Crippen molar-refractivity contribution in [3.8, 4) is 11.5 Å². The summed E-state index contributed by atoms with van der Waals surface area (Å²) in [6, 6.07) is 4.03. The Kier molecular flexibility index (Phi) is 4.24. The molecule has 1 aromatic rings. The molecule has 0 bridgehead atoms. The van der Waals surface area contributed by atoms with Gasteiger partial charge in [-0.3, -0.25) is 14.5 Å². The van der Waals surface area contributed by atoms with Gasteiger partial charge in [0.1, 0.15) is 0 Å². The first-order valence-corrected chi connectivity index (χ1v) is 6.54. The summed E-state index contributed by atoms with van der Waals surface area (Å²) in [4.78, 5) is 25.1. The Morgan fingerprint density at radius 2 is 1.85 bits per heavy atom. The van der Waals surface area contributed by atoms with Crippen molar-refractivity contribution in [1.82, 2.24) is 4.90 Å². The van der Waals surface area contributed by atoms with Gasteiger partial charge >= 0.3 is 0 Å². The van der Waals surface area contributed by atoms with Crippen molar-refractivity contribution < 1.29 is 19.8 Å². The van der Waals surface area contributed by atoms with Gasteiger partial charge in [0.25, 0.3) is 0 Å². The molecular formula is C14H18N2O4. The summed E-state index contributed by atoms with van der Waals surface area (Å²) in [6.07, 6.45) is 1.34. The number of piperidine rings is 1. The molecule has 1 aliphatic heterocycles. The standard InChI is InChI=1S/C14H18N2O4/c15-14(20)9-3-5-16(6-4-9)8-13(19)10-1-2-11(17)12(18)7-10/h1-2,7,9,17-18H,3-6,8H2,(H2,15,20). The lowest BCUT2D eigenvalue weighted by Crippen LogP contribution is -2.40. The van der Waals surface area contributed by atoms with Crippen LogP contribution < -0.4 is 5.73 Å². The van der Waals surface area contributed by atoms with Crippen LogP contribution >= 0.6 is 0 Å². The summed E-state index contributed by atoms with van der Waals surface area (Å²) < 4.78 is 0. The summed E-state index contributed by atoms with van der Waals surface area (Å²) >= 11 is 0. The number of carbonyl (C=O) groups excluding carboxylic acids is 2. The smallest absolute Gasteiger partial charge is 0.220 e. The van der Waals surface area contributed by atoms with Crippen LogP contribution in [0.4, 0.5) is 0 Å². The van der Waals surface area contributed by atoms with E-state index in [4.69, 9.17) is 5.73 Å². The molecule has 2 rings (SSSR count). The molecule has 1 aromatic carbocycles. The number of nitrogens with two attached hydrogens (primary N) is 1. The second-order valence-electron chi connectivity index (χ2n) is 5.08. The van der Waals surface area contributed by atoms with Crippen LogP contribution in [-0.2, 0) is 4.79 Å². The Morgan fingerprint density at radius 1 is 1.20 bits per heavy atom. The minimum Gasteiger partial charge on any atom is -0.504 e. The second kappa shape index (κ2) is 5.92. The number of phenols is 2. The van der Waals surface area contributed by atoms with Crippen molar-refractivity contribution in [2.24, 2.45) is 11.7 Å². The Hall–Kier alpha value is -2.08. The number of hydrogen-bond acceptors (Lipinski definition) is 5. The number of aromatic hydroxyl groups is 2. The SMILES string of the molecule is NC(=O)C1CCN(CC(=O)c2ccc(O)c(O)c2)CC1. The largest absolute Gasteiger partial charge is 0.504 e. The lowest BCUT2D eigenvalue weighted by molar-refractivity contribution is -0.123. The monoisotopic (exact) mass is 278 g/mol. The van der Waals surface area contributed by atoms with E-state index >= 15 is 0 Å². The number of likely N-dealkylation sites (tertiary alicyclic amines) is 1. The van der Waals surface area contributed by atoms with Gasteiger partial charge in [-0.15, -0.1) is 0 Å². The minimum absolute atomic E-state index is 0.0981. The highest BCUT2D eigenvalue weighted by Gasteiger charge is 2.24. The molecule has 6 heteroatoms. The Labute approximate surface area is 116 Å². The molecule has 0 unspecified atom stereocenters. The zero-order chi connectivity index (χ0) is 14.7. The molecule has 6 nitrogen and oxygen atoms in total. The molecule has 0 aliphatic carbocycles. The van der Waals surface area contributed by atoms with E-state index in [-0.39, 0.29) is 35.7 Å². The molecule has 4 N–H and O–H groups in total. The van der Waals surface area contributed by atoms with Gasteiger partial charge < -0.3 is 15.9 Å². The summed E-state index contributed by atoms with van der Waals surface area (Å²) in [5.41, 5.74) is 5.62. The van der Waals surface area contributed by atoms with Crippen LogP contribution in [0.15, 0.2) is 18.2 Å². The van der Waals surface area contributed by atoms with Gasteiger partial charge in [-0.25, -0.2) is 0 Å². The summed E-state index contributed by atoms with van der Waals surface area (Å²) in [7, 11) is 0. The molecule has 0 saturated carbocycles. The summed E-state index contributed by atoms with van der Waals surface area (Å²) in [5.74, 6) is -1.05. The fourth-order valence-corrected chi connectivity index (χ4v) is 2.37. The maximum Gasteiger partial charge on any atom is 0.220 e. The van der Waals surface area contributed by atoms with E-state index in [9.17, 15) is 19.8 Å². The molecule has 1 fully saturated rings. The fraction of sp³-hybridized carbons (Fsp3) is 0.429. The molecule has 0 spiro atoms. The predicted molar refractivity (Wildman–Crippen MR) is 72.5 cm³/mol. The molecule has 1 saturated heterocycles. The number of primary amides is 1. The van der Waals surface area contributed by atoms with Crippen LogP contribution in [0.3, 0.4) is 0 Å². The molecular weight excluding hydrogens is 260 g/mol. The van der Waals surface area contributed by atoms with Gasteiger partial charge in [-0.05, 0) is 44.1 Å². The third kappa shape index (κ3) is 3.27. The first-order chi connectivity index (χ1) is 9.47. The number of benzene rings is 1. The predicted octanol–water partition coefficient (Wildman–Crippen LogP) is 0.478. The third-order valence-electron chi connectivity index (χ3n) is 3.65. The van der Waals surface area contributed by atoms with Crippen LogP contribution in [-0.4, -0.2) is 46.4 Å². The molecule has 0 aromatic heterocycles. The Balaban J connectivity index is 1.92. The zero-order valence-electron chi connectivity index (χ0n) is 11.1. The number of rotatable bonds is 4. The van der Waals surface area contributed by atoms with E-state index in [2.05, 4.69) is 0 Å². The third-order valence-corrected chi connectivity index (χ3v) is 3.65. The van der Waals surface area contributed by atoms with Crippen LogP contribution in [0.2, 0.25) is 0 Å². The van der Waals surface area contributed by atoms with E-state index in [1.54, 1.807) is 0 Å². The number of carbonyl (C=O) groups is 2. The number of phenolic OH excluding ortho intramolecular Hbond substituents is 2. The number of nitrogens with zero attached hydrogens (tertiary/aromatic N) is 1. The molecule has 1 heterocycles. The van der Waals surface area contributed by atoms with E-state index in [1.165, 1.54) is 18.2 Å². The average Bonchev–Trinajstić information content (AvgIpc) is 2.42. The van der Waals surface area contributed by atoms with Gasteiger partial charge in [0, 0.05) is 11.5 Å². The van der Waals surface area contributed by atoms with Gasteiger partial charge in [0.2, 0.25) is 5.91 Å². The topological polar surface area (TPSA) is 104 Å². The van der Waals surface area contributed by atoms with Gasteiger partial charge in [0.05, 0.1) is 6.54 Å². The van der Waals surface area contributed by atoms with Gasteiger partial charge in [-0.2, -0.15) is 0 Å². The van der Waals surface area contributed by atoms with Gasteiger partial charge in [-0.1, -0.05) is 0 Å². The highest BCUT2D eigenvalue weighted by molar-refractivity contribution is 5.98. The first-order valence-electron chi connectivity index (χ1n) is 6.54. The number of hydrogen-bond donors (Lipinski definition) is 3. The highest BCUT2D eigenvalue weighted by atomic mass is 16.3. The van der Waals surface area contributed by atoms with Crippen LogP contribution in [0.25, 0.3) is 0 Å². The normalized spacial score (nSPS) is 17.0. The van der Waals surface area contributed by atoms with Crippen LogP contribution in [0.5, 0.6) is 11.5 Å². The van der Waals surface area contributed by atoms with E-state index < -0.39 is 0 Å². The molecule has 108 valence electrons. The number of amides is 1.